The fourth-order valence-electron chi connectivity index (χ4n) is 2.94. The molecule has 2 N–H and O–H groups in total. The molecule has 0 aliphatic carbocycles. The van der Waals surface area contributed by atoms with Gasteiger partial charge >= 0.3 is 0 Å². The van der Waals surface area contributed by atoms with Crippen molar-refractivity contribution in [2.24, 2.45) is 0 Å². The molecule has 2 aromatic carbocycles. The summed E-state index contributed by atoms with van der Waals surface area (Å²) in [6.07, 6.45) is 0. The number of ether oxygens (including phenoxy) is 2. The Hall–Kier alpha value is -2.86. The molecule has 0 spiro atoms. The minimum atomic E-state index is -3.79. The number of hydrogen-bond acceptors (Lipinski definition) is 9. The maximum absolute atomic E-state index is 12.7. The molecule has 0 saturated carbocycles. The summed E-state index contributed by atoms with van der Waals surface area (Å²) in [5.74, 6) is 1.21. The fraction of sp³-hybridized carbons (Fsp3) is 0.143. The minimum Gasteiger partial charge on any atom is -0.497 e. The van der Waals surface area contributed by atoms with Crippen molar-refractivity contribution in [1.82, 2.24) is 9.97 Å². The quantitative estimate of drug-likeness (QED) is 0.302. The lowest BCUT2D eigenvalue weighted by molar-refractivity contribution is 0.414. The number of nitrogens with zero attached hydrogens (tertiary/aromatic N) is 2. The Balaban J connectivity index is 1.54. The molecular weight excluding hydrogens is 504 g/mol. The summed E-state index contributed by atoms with van der Waals surface area (Å²) in [6, 6.07) is 11.4. The molecule has 0 fully saturated rings. The average Bonchev–Trinajstić information content (AvgIpc) is 3.39. The smallest absolute Gasteiger partial charge is 0.263 e. The highest BCUT2D eigenvalue weighted by molar-refractivity contribution is 7.93. The summed E-state index contributed by atoms with van der Waals surface area (Å²) in [7, 11) is -0.685. The molecule has 0 aliphatic rings. The van der Waals surface area contributed by atoms with Gasteiger partial charge in [0.2, 0.25) is 0 Å². The van der Waals surface area contributed by atoms with Gasteiger partial charge in [0.25, 0.3) is 10.0 Å². The topological polar surface area (TPSA) is 102 Å². The van der Waals surface area contributed by atoms with E-state index in [2.05, 4.69) is 20.0 Å². The molecule has 0 radical (unpaired) electrons. The van der Waals surface area contributed by atoms with Crippen LogP contribution in [0.5, 0.6) is 11.5 Å². The van der Waals surface area contributed by atoms with Gasteiger partial charge in [-0.05, 0) is 49.4 Å². The van der Waals surface area contributed by atoms with Crippen molar-refractivity contribution in [3.05, 3.63) is 58.6 Å². The van der Waals surface area contributed by atoms with E-state index in [1.807, 2.05) is 12.3 Å². The van der Waals surface area contributed by atoms with Gasteiger partial charge in [0.1, 0.15) is 11.5 Å². The van der Waals surface area contributed by atoms with Gasteiger partial charge in [0.05, 0.1) is 41.1 Å². The molecule has 8 nitrogen and oxygen atoms in total. The van der Waals surface area contributed by atoms with E-state index in [4.69, 9.17) is 21.1 Å². The van der Waals surface area contributed by atoms with Crippen molar-refractivity contribution in [2.45, 2.75) is 11.8 Å². The Morgan fingerprint density at radius 2 is 1.76 bits per heavy atom. The number of halogens is 1. The molecule has 4 rings (SSSR count). The van der Waals surface area contributed by atoms with E-state index in [1.165, 1.54) is 41.9 Å². The first-order chi connectivity index (χ1) is 15.8. The SMILES string of the molecule is COc1ccc(S(=O)(=O)Nc2nc(C)c(-c3csc(Nc4cc(Cl)ccc4OC)n3)s2)cc1. The van der Waals surface area contributed by atoms with Gasteiger partial charge in [0.15, 0.2) is 10.3 Å². The molecule has 172 valence electrons. The summed E-state index contributed by atoms with van der Waals surface area (Å²) < 4.78 is 38.4. The Morgan fingerprint density at radius 3 is 2.45 bits per heavy atom. The zero-order valence-electron chi connectivity index (χ0n) is 17.7. The van der Waals surface area contributed by atoms with Gasteiger partial charge in [-0.2, -0.15) is 0 Å². The number of methoxy groups -OCH3 is 2. The average molecular weight is 523 g/mol. The lowest BCUT2D eigenvalue weighted by atomic mass is 10.3. The first-order valence-corrected chi connectivity index (χ1v) is 13.1. The third-order valence-corrected chi connectivity index (χ3v) is 8.10. The van der Waals surface area contributed by atoms with Gasteiger partial charge in [0, 0.05) is 10.4 Å². The number of rotatable bonds is 8. The zero-order valence-corrected chi connectivity index (χ0v) is 21.0. The zero-order chi connectivity index (χ0) is 23.6. The van der Waals surface area contributed by atoms with Gasteiger partial charge < -0.3 is 14.8 Å². The van der Waals surface area contributed by atoms with Crippen LogP contribution in [0, 0.1) is 6.92 Å². The van der Waals surface area contributed by atoms with Crippen molar-refractivity contribution in [1.29, 1.82) is 0 Å². The summed E-state index contributed by atoms with van der Waals surface area (Å²) >= 11 is 8.71. The normalized spacial score (nSPS) is 11.3. The molecule has 4 aromatic rings. The second-order valence-corrected chi connectivity index (χ2v) is 10.7. The Labute approximate surface area is 204 Å². The first-order valence-electron chi connectivity index (χ1n) is 9.50. The van der Waals surface area contributed by atoms with Crippen molar-refractivity contribution >= 4 is 60.2 Å². The number of aromatic nitrogens is 2. The van der Waals surface area contributed by atoms with Crippen molar-refractivity contribution < 1.29 is 17.9 Å². The van der Waals surface area contributed by atoms with Crippen molar-refractivity contribution in [2.75, 3.05) is 24.3 Å². The Kier molecular flexibility index (Phi) is 6.75. The largest absolute Gasteiger partial charge is 0.497 e. The number of anilines is 3. The molecule has 33 heavy (non-hydrogen) atoms. The number of benzene rings is 2. The van der Waals surface area contributed by atoms with E-state index in [-0.39, 0.29) is 10.0 Å². The van der Waals surface area contributed by atoms with Crippen LogP contribution in [0.2, 0.25) is 5.02 Å². The molecule has 2 heterocycles. The summed E-state index contributed by atoms with van der Waals surface area (Å²) in [4.78, 5) is 9.88. The molecule has 0 bridgehead atoms. The molecule has 0 atom stereocenters. The van der Waals surface area contributed by atoms with Crippen LogP contribution in [0.4, 0.5) is 16.0 Å². The van der Waals surface area contributed by atoms with E-state index in [0.29, 0.717) is 38.7 Å². The lowest BCUT2D eigenvalue weighted by Gasteiger charge is -2.09. The maximum Gasteiger partial charge on any atom is 0.263 e. The number of sulfonamides is 1. The van der Waals surface area contributed by atoms with E-state index >= 15 is 0 Å². The van der Waals surface area contributed by atoms with E-state index in [1.54, 1.807) is 37.4 Å². The Morgan fingerprint density at radius 1 is 1.00 bits per heavy atom. The lowest BCUT2D eigenvalue weighted by Crippen LogP contribution is -2.12. The standard InChI is InChI=1S/C21H19ClN4O4S3/c1-12-19(17-11-31-20(25-17)24-16-10-13(22)4-9-18(16)30-3)32-21(23-12)26-33(27,28)15-7-5-14(29-2)6-8-15/h4-11H,1-3H3,(H,23,26)(H,24,25). The van der Waals surface area contributed by atoms with E-state index < -0.39 is 10.0 Å². The van der Waals surface area contributed by atoms with Crippen molar-refractivity contribution in [3.63, 3.8) is 0 Å². The molecule has 2 aromatic heterocycles. The third kappa shape index (κ3) is 5.22. The number of thiazole rings is 2. The summed E-state index contributed by atoms with van der Waals surface area (Å²) in [5.41, 5.74) is 2.05. The van der Waals surface area contributed by atoms with Crippen LogP contribution in [-0.4, -0.2) is 32.6 Å². The van der Waals surface area contributed by atoms with Gasteiger partial charge in [-0.1, -0.05) is 22.9 Å². The van der Waals surface area contributed by atoms with Crippen LogP contribution >= 0.6 is 34.3 Å². The van der Waals surface area contributed by atoms with E-state index in [9.17, 15) is 8.42 Å². The van der Waals surface area contributed by atoms with Crippen LogP contribution in [0.3, 0.4) is 0 Å². The summed E-state index contributed by atoms with van der Waals surface area (Å²) in [6.45, 7) is 1.81. The minimum absolute atomic E-state index is 0.119. The van der Waals surface area contributed by atoms with Crippen molar-refractivity contribution in [3.8, 4) is 22.1 Å². The highest BCUT2D eigenvalue weighted by Crippen LogP contribution is 2.37. The highest BCUT2D eigenvalue weighted by Gasteiger charge is 2.19. The predicted molar refractivity (Wildman–Crippen MR) is 133 cm³/mol. The third-order valence-electron chi connectivity index (χ3n) is 4.53. The molecular formula is C21H19ClN4O4S3. The molecule has 0 aliphatic heterocycles. The molecule has 0 amide bonds. The van der Waals surface area contributed by atoms with Gasteiger partial charge in [-0.25, -0.2) is 18.4 Å². The van der Waals surface area contributed by atoms with E-state index in [0.717, 1.165) is 4.88 Å². The molecule has 0 saturated heterocycles. The number of nitrogens with one attached hydrogen (secondary N) is 2. The number of aryl methyl sites for hydroxylation is 1. The summed E-state index contributed by atoms with van der Waals surface area (Å²) in [5, 5.41) is 6.56. The maximum atomic E-state index is 12.7. The fourth-order valence-corrected chi connectivity index (χ4v) is 6.06. The highest BCUT2D eigenvalue weighted by atomic mass is 35.5. The second-order valence-electron chi connectivity index (χ2n) is 6.72. The van der Waals surface area contributed by atoms with Crippen LogP contribution in [0.1, 0.15) is 5.69 Å². The number of hydrogen-bond donors (Lipinski definition) is 2. The van der Waals surface area contributed by atoms with Gasteiger partial charge in [-0.3, -0.25) is 4.72 Å². The predicted octanol–water partition coefficient (Wildman–Crippen LogP) is 5.79. The first kappa shape index (κ1) is 23.3. The Bertz CT molecular complexity index is 1390. The van der Waals surface area contributed by atoms with Crippen LogP contribution in [-0.2, 0) is 10.0 Å². The second kappa shape index (κ2) is 9.56. The van der Waals surface area contributed by atoms with Crippen LogP contribution < -0.4 is 19.5 Å². The monoisotopic (exact) mass is 522 g/mol. The van der Waals surface area contributed by atoms with Crippen LogP contribution in [0.15, 0.2) is 52.7 Å². The molecule has 12 heteroatoms. The molecule has 0 unspecified atom stereocenters. The van der Waals surface area contributed by atoms with Gasteiger partial charge in [-0.15, -0.1) is 11.3 Å². The van der Waals surface area contributed by atoms with Crippen LogP contribution in [0.25, 0.3) is 10.6 Å².